The molecule has 1 heterocycles. The summed E-state index contributed by atoms with van der Waals surface area (Å²) in [6.45, 7) is 6.57. The molecular weight excluding hydrogens is 243 g/mol. The van der Waals surface area contributed by atoms with Gasteiger partial charge in [0, 0.05) is 25.2 Å². The number of rotatable bonds is 4. The van der Waals surface area contributed by atoms with Crippen LogP contribution in [0, 0.1) is 11.7 Å². The predicted molar refractivity (Wildman–Crippen MR) is 76.2 cm³/mol. The lowest BCUT2D eigenvalue weighted by Crippen LogP contribution is -2.39. The second kappa shape index (κ2) is 6.24. The van der Waals surface area contributed by atoms with Gasteiger partial charge in [0.1, 0.15) is 11.6 Å². The van der Waals surface area contributed by atoms with E-state index in [2.05, 4.69) is 18.7 Å². The van der Waals surface area contributed by atoms with E-state index in [4.69, 9.17) is 10.5 Å². The highest BCUT2D eigenvalue weighted by atomic mass is 19.1. The van der Waals surface area contributed by atoms with Gasteiger partial charge in [0.25, 0.3) is 0 Å². The van der Waals surface area contributed by atoms with Crippen LogP contribution in [0.5, 0.6) is 5.75 Å². The fourth-order valence-electron chi connectivity index (χ4n) is 2.26. The largest absolute Gasteiger partial charge is 0.491 e. The van der Waals surface area contributed by atoms with Crippen LogP contribution in [0.2, 0.25) is 0 Å². The van der Waals surface area contributed by atoms with Crippen molar-refractivity contribution in [2.24, 2.45) is 11.7 Å². The zero-order valence-corrected chi connectivity index (χ0v) is 11.7. The minimum atomic E-state index is -0.221. The molecule has 19 heavy (non-hydrogen) atoms. The number of hydrogen-bond acceptors (Lipinski definition) is 3. The molecule has 4 heteroatoms. The first kappa shape index (κ1) is 14.1. The molecule has 0 aromatic heterocycles. The van der Waals surface area contributed by atoms with Crippen molar-refractivity contribution in [3.63, 3.8) is 0 Å². The molecule has 1 aliphatic heterocycles. The summed E-state index contributed by atoms with van der Waals surface area (Å²) in [5, 5.41) is 0. The molecule has 106 valence electrons. The van der Waals surface area contributed by atoms with Crippen molar-refractivity contribution >= 4 is 5.69 Å². The minimum Gasteiger partial charge on any atom is -0.491 e. The molecule has 0 saturated carbocycles. The fourth-order valence-corrected chi connectivity index (χ4v) is 2.26. The van der Waals surface area contributed by atoms with Gasteiger partial charge in [0.05, 0.1) is 12.3 Å². The Morgan fingerprint density at radius 2 is 2.05 bits per heavy atom. The Labute approximate surface area is 114 Å². The van der Waals surface area contributed by atoms with Gasteiger partial charge in [-0.3, -0.25) is 0 Å². The lowest BCUT2D eigenvalue weighted by molar-refractivity contribution is 0.270. The molecule has 1 saturated heterocycles. The number of ether oxygens (including phenoxy) is 1. The number of nitrogens with two attached hydrogens (primary N) is 1. The number of piperidine rings is 1. The number of halogens is 1. The van der Waals surface area contributed by atoms with Gasteiger partial charge in [-0.05, 0) is 30.9 Å². The van der Waals surface area contributed by atoms with E-state index >= 15 is 0 Å². The van der Waals surface area contributed by atoms with Crippen LogP contribution < -0.4 is 15.4 Å². The van der Waals surface area contributed by atoms with E-state index in [1.165, 1.54) is 6.07 Å². The SMILES string of the molecule is CC(C)COc1ccc(F)cc1N1CCC(N)CC1. The Kier molecular flexibility index (Phi) is 4.64. The second-order valence-corrected chi connectivity index (χ2v) is 5.64. The average Bonchev–Trinajstić information content (AvgIpc) is 2.38. The maximum atomic E-state index is 13.5. The van der Waals surface area contributed by atoms with Crippen molar-refractivity contribution in [1.82, 2.24) is 0 Å². The van der Waals surface area contributed by atoms with E-state index in [0.29, 0.717) is 12.5 Å². The molecule has 0 aliphatic carbocycles. The molecule has 0 bridgehead atoms. The molecule has 3 nitrogen and oxygen atoms in total. The Bertz CT molecular complexity index is 415. The van der Waals surface area contributed by atoms with Gasteiger partial charge >= 0.3 is 0 Å². The summed E-state index contributed by atoms with van der Waals surface area (Å²) in [4.78, 5) is 2.17. The van der Waals surface area contributed by atoms with Crippen molar-refractivity contribution in [1.29, 1.82) is 0 Å². The summed E-state index contributed by atoms with van der Waals surface area (Å²) >= 11 is 0. The van der Waals surface area contributed by atoms with E-state index in [9.17, 15) is 4.39 Å². The van der Waals surface area contributed by atoms with Crippen LogP contribution >= 0.6 is 0 Å². The average molecular weight is 266 g/mol. The van der Waals surface area contributed by atoms with Crippen molar-refractivity contribution in [2.45, 2.75) is 32.7 Å². The maximum Gasteiger partial charge on any atom is 0.142 e. The topological polar surface area (TPSA) is 38.5 Å². The Hall–Kier alpha value is -1.29. The maximum absolute atomic E-state index is 13.5. The molecule has 0 unspecified atom stereocenters. The molecular formula is C15H23FN2O. The molecule has 0 radical (unpaired) electrons. The third-order valence-corrected chi connectivity index (χ3v) is 3.37. The summed E-state index contributed by atoms with van der Waals surface area (Å²) < 4.78 is 19.3. The van der Waals surface area contributed by atoms with Crippen LogP contribution in [0.4, 0.5) is 10.1 Å². The first-order chi connectivity index (χ1) is 9.06. The molecule has 0 amide bonds. The predicted octanol–water partition coefficient (Wildman–Crippen LogP) is 2.79. The summed E-state index contributed by atoms with van der Waals surface area (Å²) in [6, 6.07) is 5.01. The van der Waals surface area contributed by atoms with E-state index in [1.54, 1.807) is 12.1 Å². The number of hydrogen-bond donors (Lipinski definition) is 1. The molecule has 2 N–H and O–H groups in total. The molecule has 1 fully saturated rings. The quantitative estimate of drug-likeness (QED) is 0.910. The molecule has 0 spiro atoms. The van der Waals surface area contributed by atoms with Crippen LogP contribution in [0.3, 0.4) is 0 Å². The highest BCUT2D eigenvalue weighted by Crippen LogP contribution is 2.31. The standard InChI is InChI=1S/C15H23FN2O/c1-11(2)10-19-15-4-3-12(16)9-14(15)18-7-5-13(17)6-8-18/h3-4,9,11,13H,5-8,10,17H2,1-2H3. The van der Waals surface area contributed by atoms with Crippen molar-refractivity contribution in [3.8, 4) is 5.75 Å². The van der Waals surface area contributed by atoms with Crippen LogP contribution in [0.1, 0.15) is 26.7 Å². The summed E-state index contributed by atoms with van der Waals surface area (Å²) in [6.07, 6.45) is 1.89. The normalized spacial score (nSPS) is 17.0. The van der Waals surface area contributed by atoms with Gasteiger partial charge in [0.15, 0.2) is 0 Å². The van der Waals surface area contributed by atoms with E-state index in [1.807, 2.05) is 0 Å². The Balaban J connectivity index is 2.14. The number of nitrogens with zero attached hydrogens (tertiary/aromatic N) is 1. The zero-order chi connectivity index (χ0) is 13.8. The lowest BCUT2D eigenvalue weighted by Gasteiger charge is -2.33. The number of anilines is 1. The minimum absolute atomic E-state index is 0.221. The van der Waals surface area contributed by atoms with Gasteiger partial charge in [-0.2, -0.15) is 0 Å². The Morgan fingerprint density at radius 1 is 1.37 bits per heavy atom. The zero-order valence-electron chi connectivity index (χ0n) is 11.7. The highest BCUT2D eigenvalue weighted by molar-refractivity contribution is 5.59. The molecule has 1 aromatic carbocycles. The summed E-state index contributed by atoms with van der Waals surface area (Å²) in [7, 11) is 0. The van der Waals surface area contributed by atoms with Gasteiger partial charge in [-0.15, -0.1) is 0 Å². The van der Waals surface area contributed by atoms with Crippen LogP contribution in [0.25, 0.3) is 0 Å². The third kappa shape index (κ3) is 3.83. The van der Waals surface area contributed by atoms with E-state index in [0.717, 1.165) is 37.4 Å². The first-order valence-corrected chi connectivity index (χ1v) is 6.99. The lowest BCUT2D eigenvalue weighted by atomic mass is 10.1. The molecule has 0 atom stereocenters. The number of benzene rings is 1. The summed E-state index contributed by atoms with van der Waals surface area (Å²) in [5.74, 6) is 1.00. The van der Waals surface area contributed by atoms with Gasteiger partial charge in [0.2, 0.25) is 0 Å². The van der Waals surface area contributed by atoms with Gasteiger partial charge < -0.3 is 15.4 Å². The van der Waals surface area contributed by atoms with Crippen molar-refractivity contribution in [2.75, 3.05) is 24.6 Å². The molecule has 1 aliphatic rings. The molecule has 1 aromatic rings. The monoisotopic (exact) mass is 266 g/mol. The van der Waals surface area contributed by atoms with Crippen molar-refractivity contribution in [3.05, 3.63) is 24.0 Å². The van der Waals surface area contributed by atoms with Gasteiger partial charge in [-0.1, -0.05) is 13.8 Å². The van der Waals surface area contributed by atoms with Crippen LogP contribution in [-0.2, 0) is 0 Å². The van der Waals surface area contributed by atoms with E-state index < -0.39 is 0 Å². The molecule has 2 rings (SSSR count). The first-order valence-electron chi connectivity index (χ1n) is 6.99. The third-order valence-electron chi connectivity index (χ3n) is 3.37. The van der Waals surface area contributed by atoms with Crippen LogP contribution in [-0.4, -0.2) is 25.7 Å². The fraction of sp³-hybridized carbons (Fsp3) is 0.600. The smallest absolute Gasteiger partial charge is 0.142 e. The second-order valence-electron chi connectivity index (χ2n) is 5.64. The summed E-state index contributed by atoms with van der Waals surface area (Å²) in [5.41, 5.74) is 6.76. The highest BCUT2D eigenvalue weighted by Gasteiger charge is 2.20. The van der Waals surface area contributed by atoms with Crippen molar-refractivity contribution < 1.29 is 9.13 Å². The van der Waals surface area contributed by atoms with Crippen LogP contribution in [0.15, 0.2) is 18.2 Å². The van der Waals surface area contributed by atoms with Gasteiger partial charge in [-0.25, -0.2) is 4.39 Å². The Morgan fingerprint density at radius 3 is 2.68 bits per heavy atom. The van der Waals surface area contributed by atoms with E-state index in [-0.39, 0.29) is 11.9 Å².